The summed E-state index contributed by atoms with van der Waals surface area (Å²) in [4.78, 5) is 13.0. The van der Waals surface area contributed by atoms with Crippen LogP contribution < -0.4 is 0 Å². The number of carbonyl (C=O) groups is 1. The van der Waals surface area contributed by atoms with Crippen molar-refractivity contribution in [3.63, 3.8) is 0 Å². The van der Waals surface area contributed by atoms with E-state index >= 15 is 0 Å². The van der Waals surface area contributed by atoms with Crippen LogP contribution in [0.4, 0.5) is 4.39 Å². The minimum atomic E-state index is -0.709. The molecule has 2 aliphatic rings. The predicted octanol–water partition coefficient (Wildman–Crippen LogP) is 4.02. The van der Waals surface area contributed by atoms with Crippen LogP contribution in [0.25, 0.3) is 0 Å². The Bertz CT molecular complexity index is 587. The van der Waals surface area contributed by atoms with E-state index in [0.717, 1.165) is 18.4 Å². The van der Waals surface area contributed by atoms with Gasteiger partial charge in [0, 0.05) is 13.2 Å². The van der Waals surface area contributed by atoms with Gasteiger partial charge in [-0.2, -0.15) is 0 Å². The molecule has 24 heavy (non-hydrogen) atoms. The Morgan fingerprint density at radius 2 is 1.88 bits per heavy atom. The first-order chi connectivity index (χ1) is 11.6. The van der Waals surface area contributed by atoms with Gasteiger partial charge in [0.05, 0.1) is 12.0 Å². The van der Waals surface area contributed by atoms with Crippen molar-refractivity contribution in [2.24, 2.45) is 11.8 Å². The largest absolute Gasteiger partial charge is 0.465 e. The Kier molecular flexibility index (Phi) is 5.34. The monoisotopic (exact) mass is 332 g/mol. The van der Waals surface area contributed by atoms with Crippen LogP contribution in [0.15, 0.2) is 36.4 Å². The first-order valence-electron chi connectivity index (χ1n) is 8.78. The van der Waals surface area contributed by atoms with Crippen LogP contribution in [0.2, 0.25) is 0 Å². The quantitative estimate of drug-likeness (QED) is 0.617. The van der Waals surface area contributed by atoms with Crippen molar-refractivity contribution in [1.82, 2.24) is 0 Å². The Morgan fingerprint density at radius 1 is 1.21 bits per heavy atom. The molecule has 1 aromatic carbocycles. The molecule has 130 valence electrons. The van der Waals surface area contributed by atoms with Crippen molar-refractivity contribution in [3.8, 4) is 0 Å². The number of hydrogen-bond acceptors (Lipinski definition) is 3. The van der Waals surface area contributed by atoms with Gasteiger partial charge in [-0.3, -0.25) is 4.79 Å². The maximum absolute atomic E-state index is 13.3. The lowest BCUT2D eigenvalue weighted by atomic mass is 9.74. The summed E-state index contributed by atoms with van der Waals surface area (Å²) in [5.41, 5.74) is 0.119. The fourth-order valence-corrected chi connectivity index (χ4v) is 3.66. The van der Waals surface area contributed by atoms with Gasteiger partial charge in [-0.05, 0) is 55.2 Å². The highest BCUT2D eigenvalue weighted by Gasteiger charge is 2.43. The molecule has 1 fully saturated rings. The Morgan fingerprint density at radius 3 is 2.54 bits per heavy atom. The van der Waals surface area contributed by atoms with Gasteiger partial charge in [0.25, 0.3) is 0 Å². The van der Waals surface area contributed by atoms with Crippen molar-refractivity contribution in [3.05, 3.63) is 47.8 Å². The molecule has 1 aliphatic carbocycles. The summed E-state index contributed by atoms with van der Waals surface area (Å²) in [6.07, 6.45) is 7.53. The van der Waals surface area contributed by atoms with Gasteiger partial charge in [-0.1, -0.05) is 31.2 Å². The second-order valence-electron chi connectivity index (χ2n) is 6.98. The van der Waals surface area contributed by atoms with E-state index in [4.69, 9.17) is 9.47 Å². The first-order valence-corrected chi connectivity index (χ1v) is 8.78. The van der Waals surface area contributed by atoms with Gasteiger partial charge in [-0.15, -0.1) is 0 Å². The molecule has 1 heterocycles. The third-order valence-electron chi connectivity index (χ3n) is 5.48. The lowest BCUT2D eigenvalue weighted by Gasteiger charge is -2.36. The van der Waals surface area contributed by atoms with Crippen LogP contribution in [-0.4, -0.2) is 25.8 Å². The number of carbonyl (C=O) groups excluding carboxylic acids is 1. The standard InChI is InChI=1S/C20H25FO3/c1-15-4-2-3-5-16(15)14-24-19(22)20(10-12-23-13-11-20)17-6-8-18(21)9-7-17/h2-3,6-9,15-16H,4-5,10-14H2,1H3. The van der Waals surface area contributed by atoms with E-state index in [1.807, 2.05) is 0 Å². The SMILES string of the molecule is CC1CC=CCC1COC(=O)C1(c2ccc(F)cc2)CCOCC1. The molecule has 0 aromatic heterocycles. The lowest BCUT2D eigenvalue weighted by molar-refractivity contribution is -0.156. The van der Waals surface area contributed by atoms with Gasteiger partial charge >= 0.3 is 5.97 Å². The molecule has 0 radical (unpaired) electrons. The van der Waals surface area contributed by atoms with E-state index in [2.05, 4.69) is 19.1 Å². The zero-order valence-electron chi connectivity index (χ0n) is 14.2. The van der Waals surface area contributed by atoms with Crippen molar-refractivity contribution >= 4 is 5.97 Å². The lowest BCUT2D eigenvalue weighted by Crippen LogP contribution is -2.43. The number of allylic oxidation sites excluding steroid dienone is 2. The van der Waals surface area contributed by atoms with Crippen molar-refractivity contribution in [1.29, 1.82) is 0 Å². The van der Waals surface area contributed by atoms with Gasteiger partial charge in [-0.25, -0.2) is 4.39 Å². The van der Waals surface area contributed by atoms with E-state index in [0.29, 0.717) is 44.5 Å². The number of esters is 1. The van der Waals surface area contributed by atoms with Gasteiger partial charge in [0.15, 0.2) is 0 Å². The molecular weight excluding hydrogens is 307 g/mol. The topological polar surface area (TPSA) is 35.5 Å². The molecule has 4 heteroatoms. The fourth-order valence-electron chi connectivity index (χ4n) is 3.66. The number of rotatable bonds is 4. The third-order valence-corrected chi connectivity index (χ3v) is 5.48. The Balaban J connectivity index is 1.74. The van der Waals surface area contributed by atoms with E-state index < -0.39 is 5.41 Å². The average Bonchev–Trinajstić information content (AvgIpc) is 2.62. The molecule has 0 N–H and O–H groups in total. The minimum absolute atomic E-state index is 0.195. The number of ether oxygens (including phenoxy) is 2. The molecule has 0 bridgehead atoms. The number of halogens is 1. The molecule has 1 aromatic rings. The summed E-state index contributed by atoms with van der Waals surface area (Å²) < 4.78 is 24.5. The van der Waals surface area contributed by atoms with Crippen molar-refractivity contribution in [2.75, 3.05) is 19.8 Å². The molecule has 0 saturated carbocycles. The molecule has 1 aliphatic heterocycles. The van der Waals surface area contributed by atoms with E-state index in [-0.39, 0.29) is 11.8 Å². The van der Waals surface area contributed by atoms with Crippen LogP contribution in [0.1, 0.15) is 38.2 Å². The smallest absolute Gasteiger partial charge is 0.316 e. The summed E-state index contributed by atoms with van der Waals surface area (Å²) >= 11 is 0. The molecule has 3 nitrogen and oxygen atoms in total. The summed E-state index contributed by atoms with van der Waals surface area (Å²) in [5.74, 6) is 0.416. The second kappa shape index (κ2) is 7.47. The number of benzene rings is 1. The Labute approximate surface area is 142 Å². The highest BCUT2D eigenvalue weighted by atomic mass is 19.1. The predicted molar refractivity (Wildman–Crippen MR) is 90.1 cm³/mol. The Hall–Kier alpha value is -1.68. The van der Waals surface area contributed by atoms with Crippen LogP contribution in [-0.2, 0) is 19.7 Å². The summed E-state index contributed by atoms with van der Waals surface area (Å²) in [5, 5.41) is 0. The molecular formula is C20H25FO3. The van der Waals surface area contributed by atoms with Crippen LogP contribution in [0, 0.1) is 17.7 Å². The summed E-state index contributed by atoms with van der Waals surface area (Å²) in [6, 6.07) is 6.23. The highest BCUT2D eigenvalue weighted by molar-refractivity contribution is 5.83. The normalized spacial score (nSPS) is 26.1. The van der Waals surface area contributed by atoms with E-state index in [1.54, 1.807) is 12.1 Å². The zero-order valence-corrected chi connectivity index (χ0v) is 14.2. The average molecular weight is 332 g/mol. The third kappa shape index (κ3) is 3.54. The van der Waals surface area contributed by atoms with Gasteiger partial charge in [0.2, 0.25) is 0 Å². The maximum atomic E-state index is 13.3. The van der Waals surface area contributed by atoms with Crippen LogP contribution in [0.5, 0.6) is 0 Å². The maximum Gasteiger partial charge on any atom is 0.316 e. The van der Waals surface area contributed by atoms with E-state index in [1.165, 1.54) is 12.1 Å². The molecule has 2 atom stereocenters. The van der Waals surface area contributed by atoms with Crippen molar-refractivity contribution in [2.45, 2.75) is 38.0 Å². The number of hydrogen-bond donors (Lipinski definition) is 0. The second-order valence-corrected chi connectivity index (χ2v) is 6.98. The van der Waals surface area contributed by atoms with E-state index in [9.17, 15) is 9.18 Å². The minimum Gasteiger partial charge on any atom is -0.465 e. The molecule has 3 rings (SSSR count). The van der Waals surface area contributed by atoms with Gasteiger partial charge in [0.1, 0.15) is 5.82 Å². The zero-order chi connectivity index (χ0) is 17.0. The first kappa shape index (κ1) is 17.2. The van der Waals surface area contributed by atoms with Crippen molar-refractivity contribution < 1.29 is 18.7 Å². The summed E-state index contributed by atoms with van der Waals surface area (Å²) in [7, 11) is 0. The molecule has 0 amide bonds. The summed E-state index contributed by atoms with van der Waals surface area (Å²) in [6.45, 7) is 3.70. The molecule has 0 spiro atoms. The molecule has 1 saturated heterocycles. The fraction of sp³-hybridized carbons (Fsp3) is 0.550. The highest BCUT2D eigenvalue weighted by Crippen LogP contribution is 2.37. The van der Waals surface area contributed by atoms with Crippen LogP contribution in [0.3, 0.4) is 0 Å². The van der Waals surface area contributed by atoms with Crippen LogP contribution >= 0.6 is 0 Å². The van der Waals surface area contributed by atoms with Gasteiger partial charge < -0.3 is 9.47 Å². The molecule has 2 unspecified atom stereocenters.